The van der Waals surface area contributed by atoms with Crippen LogP contribution in [0.5, 0.6) is 0 Å². The molecule has 2 aliphatic heterocycles. The summed E-state index contributed by atoms with van der Waals surface area (Å²) in [4.78, 5) is 25.3. The first-order valence-electron chi connectivity index (χ1n) is 10.0. The highest BCUT2D eigenvalue weighted by Crippen LogP contribution is 2.41. The molecule has 0 radical (unpaired) electrons. The number of hydrogen-bond acceptors (Lipinski definition) is 8. The number of ether oxygens (including phenoxy) is 3. The van der Waals surface area contributed by atoms with E-state index in [0.717, 1.165) is 23.8 Å². The molecule has 6 atom stereocenters. The van der Waals surface area contributed by atoms with Crippen LogP contribution in [0.1, 0.15) is 33.4 Å². The van der Waals surface area contributed by atoms with Crippen molar-refractivity contribution in [3.05, 3.63) is 33.1 Å². The zero-order chi connectivity index (χ0) is 22.8. The molecule has 3 N–H and O–H groups in total. The minimum Gasteiger partial charge on any atom is -0.387 e. The predicted octanol–water partition coefficient (Wildman–Crippen LogP) is 0.574. The van der Waals surface area contributed by atoms with Crippen LogP contribution in [0.3, 0.4) is 0 Å². The minimum atomic E-state index is -2.40. The van der Waals surface area contributed by atoms with Crippen molar-refractivity contribution in [2.45, 2.75) is 63.6 Å². The second-order valence-electron chi connectivity index (χ2n) is 8.17. The van der Waals surface area contributed by atoms with Gasteiger partial charge < -0.3 is 19.3 Å². The molecule has 1 unspecified atom stereocenters. The van der Waals surface area contributed by atoms with Gasteiger partial charge in [-0.2, -0.15) is 0 Å². The number of H-pyrrole nitrogens is 1. The van der Waals surface area contributed by atoms with Crippen LogP contribution in [0, 0.1) is 5.92 Å². The third kappa shape index (κ3) is 5.64. The Kier molecular flexibility index (Phi) is 7.74. The maximum Gasteiger partial charge on any atom is 0.613 e. The molecule has 1 aromatic rings. The zero-order valence-electron chi connectivity index (χ0n) is 17.5. The van der Waals surface area contributed by atoms with Gasteiger partial charge in [0.1, 0.15) is 24.9 Å². The van der Waals surface area contributed by atoms with Crippen molar-refractivity contribution in [2.24, 2.45) is 5.92 Å². The quantitative estimate of drug-likeness (QED) is 0.447. The van der Waals surface area contributed by atoms with Crippen molar-refractivity contribution in [3.8, 4) is 0 Å². The Labute approximate surface area is 178 Å². The van der Waals surface area contributed by atoms with Gasteiger partial charge in [0.15, 0.2) is 18.2 Å². The lowest BCUT2D eigenvalue weighted by atomic mass is 9.98. The van der Waals surface area contributed by atoms with Gasteiger partial charge in [0.2, 0.25) is 0 Å². The molecule has 0 aromatic carbocycles. The molecular weight excluding hydrogens is 436 g/mol. The van der Waals surface area contributed by atoms with E-state index < -0.39 is 56.4 Å². The summed E-state index contributed by atoms with van der Waals surface area (Å²) in [7, 11) is -2.40. The average Bonchev–Trinajstić information content (AvgIpc) is 3.28. The van der Waals surface area contributed by atoms with Gasteiger partial charge in [-0.1, -0.05) is 18.9 Å². The summed E-state index contributed by atoms with van der Waals surface area (Å²) < 4.78 is 50.2. The molecule has 2 aliphatic rings. The molecule has 0 aliphatic carbocycles. The summed E-state index contributed by atoms with van der Waals surface area (Å²) >= 11 is 0. The van der Waals surface area contributed by atoms with Gasteiger partial charge in [-0.25, -0.2) is 9.18 Å². The molecule has 2 saturated heterocycles. The Morgan fingerprint density at radius 1 is 1.42 bits per heavy atom. The number of rotatable bonds is 9. The van der Waals surface area contributed by atoms with Gasteiger partial charge in [0.25, 0.3) is 5.56 Å². The Balaban J connectivity index is 1.62. The van der Waals surface area contributed by atoms with Crippen molar-refractivity contribution in [1.29, 1.82) is 0 Å². The van der Waals surface area contributed by atoms with Crippen LogP contribution in [0.25, 0.3) is 0 Å². The van der Waals surface area contributed by atoms with Gasteiger partial charge in [-0.15, -0.1) is 4.52 Å². The summed E-state index contributed by atoms with van der Waals surface area (Å²) in [5.41, 5.74) is -3.88. The van der Waals surface area contributed by atoms with Crippen LogP contribution >= 0.6 is 8.18 Å². The van der Waals surface area contributed by atoms with Crippen LogP contribution in [0.15, 0.2) is 21.9 Å². The summed E-state index contributed by atoms with van der Waals surface area (Å²) in [5.74, 6) is 0.275. The van der Waals surface area contributed by atoms with Crippen LogP contribution in [-0.2, 0) is 23.3 Å². The number of aromatic nitrogens is 2. The van der Waals surface area contributed by atoms with Crippen molar-refractivity contribution in [3.63, 3.8) is 0 Å². The fraction of sp³-hybridized carbons (Fsp3) is 0.778. The maximum atomic E-state index is 15.2. The normalized spacial score (nSPS) is 30.8. The standard InChI is InChI=1S/C18H27FN3O8P/c1-10(2)8-11(15-27-6-7-28-15)21-31(26)29-9-12-14(24)18(3,19)16(30-12)22-5-4-13(23)20-17(22)25/h4-5,10-12,14-16,24H,6-9H2,1-3H3,(H-,20,21,23,25,26)/p+1/t11-,12+,14+,16+,18+/m0/s1. The molecule has 11 nitrogen and oxygen atoms in total. The summed E-state index contributed by atoms with van der Waals surface area (Å²) in [6.07, 6.45) is -3.20. The fourth-order valence-electron chi connectivity index (χ4n) is 3.62. The third-order valence-electron chi connectivity index (χ3n) is 5.15. The first kappa shape index (κ1) is 24.1. The van der Waals surface area contributed by atoms with Crippen LogP contribution in [0.2, 0.25) is 0 Å². The van der Waals surface area contributed by atoms with E-state index in [2.05, 4.69) is 5.09 Å². The highest BCUT2D eigenvalue weighted by Gasteiger charge is 2.56. The summed E-state index contributed by atoms with van der Waals surface area (Å²) in [6, 6.07) is 0.666. The van der Waals surface area contributed by atoms with Crippen molar-refractivity contribution in [2.75, 3.05) is 19.8 Å². The molecule has 31 heavy (non-hydrogen) atoms. The van der Waals surface area contributed by atoms with Crippen LogP contribution in [-0.4, -0.2) is 64.7 Å². The molecule has 0 spiro atoms. The topological polar surface area (TPSA) is 141 Å². The molecule has 0 saturated carbocycles. The van der Waals surface area contributed by atoms with E-state index in [-0.39, 0.29) is 12.0 Å². The Bertz CT molecular complexity index is 885. The van der Waals surface area contributed by atoms with Crippen molar-refractivity contribution >= 4 is 8.18 Å². The van der Waals surface area contributed by atoms with E-state index in [1.165, 1.54) is 0 Å². The molecule has 0 amide bonds. The van der Waals surface area contributed by atoms with Crippen LogP contribution < -0.4 is 16.3 Å². The monoisotopic (exact) mass is 464 g/mol. The predicted molar refractivity (Wildman–Crippen MR) is 106 cm³/mol. The molecule has 0 bridgehead atoms. The lowest BCUT2D eigenvalue weighted by Gasteiger charge is -2.24. The zero-order valence-corrected chi connectivity index (χ0v) is 18.4. The number of hydrogen-bond donors (Lipinski definition) is 3. The number of aliphatic hydroxyl groups excluding tert-OH is 1. The maximum absolute atomic E-state index is 15.2. The van der Waals surface area contributed by atoms with Crippen LogP contribution in [0.4, 0.5) is 4.39 Å². The number of nitrogens with one attached hydrogen (secondary N) is 2. The van der Waals surface area contributed by atoms with Gasteiger partial charge >= 0.3 is 13.9 Å². The SMILES string of the molecule is CC(C)C[C@H](N[P+](=O)OC[C@H]1O[C@@H](n2ccc(=O)[nH]c2=O)[C@](C)(F)[C@@H]1O)C1OCCO1. The number of halogens is 1. The number of nitrogens with zero attached hydrogens (tertiary/aromatic N) is 1. The Morgan fingerprint density at radius 3 is 2.71 bits per heavy atom. The fourth-order valence-corrected chi connectivity index (χ4v) is 4.47. The molecular formula is C18H28FN3O8P+. The molecule has 2 fully saturated rings. The van der Waals surface area contributed by atoms with Crippen molar-refractivity contribution in [1.82, 2.24) is 14.6 Å². The summed E-state index contributed by atoms with van der Waals surface area (Å²) in [5, 5.41) is 13.2. The first-order chi connectivity index (χ1) is 14.6. The smallest absolute Gasteiger partial charge is 0.387 e. The lowest BCUT2D eigenvalue weighted by molar-refractivity contribution is -0.0680. The Hall–Kier alpha value is -1.53. The minimum absolute atomic E-state index is 0.275. The molecule has 174 valence electrons. The van der Waals surface area contributed by atoms with Gasteiger partial charge in [0, 0.05) is 12.3 Å². The highest BCUT2D eigenvalue weighted by atomic mass is 31.1. The first-order valence-corrected chi connectivity index (χ1v) is 11.2. The van der Waals surface area contributed by atoms with E-state index in [1.807, 2.05) is 18.8 Å². The van der Waals surface area contributed by atoms with E-state index in [9.17, 15) is 19.3 Å². The van der Waals surface area contributed by atoms with E-state index in [1.54, 1.807) is 0 Å². The number of aliphatic hydroxyl groups is 1. The van der Waals surface area contributed by atoms with E-state index >= 15 is 4.39 Å². The average molecular weight is 464 g/mol. The Morgan fingerprint density at radius 2 is 2.10 bits per heavy atom. The molecule has 3 rings (SSSR count). The molecule has 13 heteroatoms. The number of alkyl halides is 1. The third-order valence-corrected chi connectivity index (χ3v) is 6.08. The second-order valence-corrected chi connectivity index (χ2v) is 9.20. The summed E-state index contributed by atoms with van der Waals surface area (Å²) in [6.45, 7) is 5.58. The number of aromatic amines is 1. The van der Waals surface area contributed by atoms with E-state index in [4.69, 9.17) is 18.7 Å². The highest BCUT2D eigenvalue weighted by molar-refractivity contribution is 7.36. The van der Waals surface area contributed by atoms with Gasteiger partial charge in [-0.3, -0.25) is 14.3 Å². The van der Waals surface area contributed by atoms with Crippen molar-refractivity contribution < 1.29 is 32.8 Å². The second kappa shape index (κ2) is 9.95. The van der Waals surface area contributed by atoms with Gasteiger partial charge in [0.05, 0.1) is 13.2 Å². The molecule has 3 heterocycles. The lowest BCUT2D eigenvalue weighted by Crippen LogP contribution is -2.43. The van der Waals surface area contributed by atoms with Gasteiger partial charge in [-0.05, 0) is 23.8 Å². The van der Waals surface area contributed by atoms with E-state index in [0.29, 0.717) is 19.6 Å². The molecule has 1 aromatic heterocycles. The largest absolute Gasteiger partial charge is 0.613 e.